The Morgan fingerprint density at radius 1 is 0.906 bits per heavy atom. The first-order chi connectivity index (χ1) is 15.7. The zero-order valence-corrected chi connectivity index (χ0v) is 19.2. The van der Waals surface area contributed by atoms with E-state index in [9.17, 15) is 14.4 Å². The fraction of sp³-hybridized carbons (Fsp3) is 0.615. The molecule has 2 aliphatic rings. The van der Waals surface area contributed by atoms with Gasteiger partial charge in [-0.05, 0) is 37.1 Å². The fourth-order valence-electron chi connectivity index (χ4n) is 4.66. The van der Waals surface area contributed by atoms with Crippen molar-refractivity contribution in [2.24, 2.45) is 0 Å². The van der Waals surface area contributed by atoms with Gasteiger partial charge in [-0.1, -0.05) is 57.8 Å². The Hall–Kier alpha value is -2.55. The molecular weight excluding hydrogens is 403 g/mol. The Kier molecular flexibility index (Phi) is 9.87. The third-order valence-corrected chi connectivity index (χ3v) is 6.68. The van der Waals surface area contributed by atoms with E-state index < -0.39 is 0 Å². The highest BCUT2D eigenvalue weighted by molar-refractivity contribution is 5.97. The maximum atomic E-state index is 13.2. The van der Waals surface area contributed by atoms with Crippen molar-refractivity contribution in [3.05, 3.63) is 41.9 Å². The summed E-state index contributed by atoms with van der Waals surface area (Å²) in [6.45, 7) is 2.45. The molecule has 5 nitrogen and oxygen atoms in total. The number of benzene rings is 1. The minimum atomic E-state index is -0.250. The van der Waals surface area contributed by atoms with Gasteiger partial charge in [0.25, 0.3) is 5.91 Å². The molecule has 1 N–H and O–H groups in total. The van der Waals surface area contributed by atoms with E-state index in [-0.39, 0.29) is 17.3 Å². The Bertz CT molecular complexity index is 766. The smallest absolute Gasteiger partial charge is 0.266 e. The van der Waals surface area contributed by atoms with Gasteiger partial charge in [-0.15, -0.1) is 0 Å². The Labute approximate surface area is 192 Å². The molecule has 2 fully saturated rings. The minimum Gasteiger partial charge on any atom is -0.387 e. The maximum Gasteiger partial charge on any atom is 0.266 e. The van der Waals surface area contributed by atoms with E-state index >= 15 is 0 Å². The van der Waals surface area contributed by atoms with Crippen molar-refractivity contribution in [1.82, 2.24) is 10.2 Å². The van der Waals surface area contributed by atoms with E-state index in [1.54, 1.807) is 23.2 Å². The van der Waals surface area contributed by atoms with Crippen LogP contribution in [-0.2, 0) is 4.79 Å². The molecule has 1 heterocycles. The summed E-state index contributed by atoms with van der Waals surface area (Å²) in [6.07, 6.45) is 15.5. The van der Waals surface area contributed by atoms with Crippen LogP contribution in [0.3, 0.4) is 0 Å². The van der Waals surface area contributed by atoms with Crippen LogP contribution in [0.25, 0.3) is 0 Å². The molecular formula is C26H37FN4O. The summed E-state index contributed by atoms with van der Waals surface area (Å²) in [5.74, 6) is -0.452. The van der Waals surface area contributed by atoms with Crippen LogP contribution in [0, 0.1) is 17.1 Å². The van der Waals surface area contributed by atoms with Crippen LogP contribution >= 0.6 is 0 Å². The largest absolute Gasteiger partial charge is 0.387 e. The lowest BCUT2D eigenvalue weighted by molar-refractivity contribution is -0.127. The molecule has 1 aliphatic heterocycles. The van der Waals surface area contributed by atoms with Crippen LogP contribution in [-0.4, -0.2) is 43.0 Å². The molecule has 1 aromatic carbocycles. The lowest BCUT2D eigenvalue weighted by Crippen LogP contribution is -2.49. The van der Waals surface area contributed by atoms with Crippen LogP contribution in [0.2, 0.25) is 0 Å². The molecule has 0 unspecified atom stereocenters. The van der Waals surface area contributed by atoms with Crippen LogP contribution in [0.4, 0.5) is 10.1 Å². The second-order valence-electron chi connectivity index (χ2n) is 9.05. The quantitative estimate of drug-likeness (QED) is 0.520. The summed E-state index contributed by atoms with van der Waals surface area (Å²) < 4.78 is 13.2. The number of carbonyl (C=O) groups is 1. The highest BCUT2D eigenvalue weighted by Gasteiger charge is 2.24. The molecule has 6 heteroatoms. The molecule has 0 spiro atoms. The number of amides is 1. The molecule has 1 aliphatic carbocycles. The van der Waals surface area contributed by atoms with Gasteiger partial charge in [-0.25, -0.2) is 4.39 Å². The van der Waals surface area contributed by atoms with Crippen molar-refractivity contribution in [2.45, 2.75) is 76.7 Å². The van der Waals surface area contributed by atoms with Gasteiger partial charge in [0.2, 0.25) is 0 Å². The van der Waals surface area contributed by atoms with E-state index in [0.717, 1.165) is 18.5 Å². The average molecular weight is 441 g/mol. The molecule has 32 heavy (non-hydrogen) atoms. The van der Waals surface area contributed by atoms with Gasteiger partial charge in [0, 0.05) is 44.1 Å². The minimum absolute atomic E-state index is 0.186. The topological polar surface area (TPSA) is 59.4 Å². The maximum absolute atomic E-state index is 13.2. The van der Waals surface area contributed by atoms with E-state index in [1.807, 2.05) is 0 Å². The SMILES string of the molecule is N#C/C(=C/NC1CCCCCCCCCCC1)C(=O)N1CCN(c2ccc(F)cc2)CC1. The standard InChI is InChI=1S/C26H37FN4O/c27-23-12-14-25(15-13-23)30-16-18-31(19-17-30)26(32)22(20-28)21-29-24-10-8-6-4-2-1-3-5-7-9-11-24/h12-15,21,24,29H,1-11,16-19H2/b22-21-. The summed E-state index contributed by atoms with van der Waals surface area (Å²) >= 11 is 0. The van der Waals surface area contributed by atoms with Gasteiger partial charge < -0.3 is 15.1 Å². The van der Waals surface area contributed by atoms with Gasteiger partial charge >= 0.3 is 0 Å². The highest BCUT2D eigenvalue weighted by Crippen LogP contribution is 2.19. The molecule has 1 aromatic rings. The monoisotopic (exact) mass is 440 g/mol. The van der Waals surface area contributed by atoms with Crippen molar-refractivity contribution < 1.29 is 9.18 Å². The van der Waals surface area contributed by atoms with Crippen molar-refractivity contribution in [3.8, 4) is 6.07 Å². The zero-order valence-electron chi connectivity index (χ0n) is 19.2. The first-order valence-corrected chi connectivity index (χ1v) is 12.3. The Morgan fingerprint density at radius 3 is 1.97 bits per heavy atom. The lowest BCUT2D eigenvalue weighted by atomic mass is 9.98. The van der Waals surface area contributed by atoms with Crippen molar-refractivity contribution >= 4 is 11.6 Å². The fourth-order valence-corrected chi connectivity index (χ4v) is 4.66. The molecule has 1 saturated carbocycles. The van der Waals surface area contributed by atoms with E-state index in [2.05, 4.69) is 16.3 Å². The Balaban J connectivity index is 1.51. The molecule has 1 amide bonds. The van der Waals surface area contributed by atoms with Gasteiger partial charge in [0.05, 0.1) is 0 Å². The number of nitrogens with zero attached hydrogens (tertiary/aromatic N) is 3. The molecule has 174 valence electrons. The molecule has 0 aromatic heterocycles. The third kappa shape index (κ3) is 7.55. The first-order valence-electron chi connectivity index (χ1n) is 12.3. The number of hydrogen-bond acceptors (Lipinski definition) is 4. The molecule has 0 radical (unpaired) electrons. The molecule has 3 rings (SSSR count). The van der Waals surface area contributed by atoms with Crippen LogP contribution in [0.15, 0.2) is 36.0 Å². The predicted octanol–water partition coefficient (Wildman–Crippen LogP) is 5.14. The number of hydrogen-bond donors (Lipinski definition) is 1. The number of carbonyl (C=O) groups excluding carboxylic acids is 1. The number of nitrogens with one attached hydrogen (secondary N) is 1. The van der Waals surface area contributed by atoms with Crippen LogP contribution in [0.5, 0.6) is 0 Å². The second-order valence-corrected chi connectivity index (χ2v) is 9.05. The van der Waals surface area contributed by atoms with Crippen LogP contribution in [0.1, 0.15) is 70.6 Å². The summed E-state index contributed by atoms with van der Waals surface area (Å²) in [6, 6.07) is 8.88. The van der Waals surface area contributed by atoms with Crippen molar-refractivity contribution in [1.29, 1.82) is 5.26 Å². The summed E-state index contributed by atoms with van der Waals surface area (Å²) in [4.78, 5) is 16.8. The number of rotatable bonds is 4. The first kappa shape index (κ1) is 24.1. The normalized spacial score (nSPS) is 20.1. The number of anilines is 1. The molecule has 0 atom stereocenters. The summed E-state index contributed by atoms with van der Waals surface area (Å²) in [5, 5.41) is 13.0. The van der Waals surface area contributed by atoms with Gasteiger partial charge in [0.15, 0.2) is 0 Å². The predicted molar refractivity (Wildman–Crippen MR) is 127 cm³/mol. The zero-order chi connectivity index (χ0) is 22.6. The van der Waals surface area contributed by atoms with Gasteiger partial charge in [-0.3, -0.25) is 4.79 Å². The van der Waals surface area contributed by atoms with Crippen molar-refractivity contribution in [3.63, 3.8) is 0 Å². The summed E-state index contributed by atoms with van der Waals surface area (Å²) in [5.41, 5.74) is 1.14. The van der Waals surface area contributed by atoms with Gasteiger partial charge in [0.1, 0.15) is 17.5 Å². The van der Waals surface area contributed by atoms with Gasteiger partial charge in [-0.2, -0.15) is 5.26 Å². The number of nitriles is 1. The molecule has 0 bridgehead atoms. The Morgan fingerprint density at radius 2 is 1.44 bits per heavy atom. The van der Waals surface area contributed by atoms with E-state index in [4.69, 9.17) is 0 Å². The lowest BCUT2D eigenvalue weighted by Gasteiger charge is -2.36. The average Bonchev–Trinajstić information content (AvgIpc) is 2.81. The summed E-state index contributed by atoms with van der Waals surface area (Å²) in [7, 11) is 0. The van der Waals surface area contributed by atoms with E-state index in [1.165, 1.54) is 69.9 Å². The third-order valence-electron chi connectivity index (χ3n) is 6.68. The van der Waals surface area contributed by atoms with Crippen LogP contribution < -0.4 is 10.2 Å². The number of halogens is 1. The highest BCUT2D eigenvalue weighted by atomic mass is 19.1. The van der Waals surface area contributed by atoms with E-state index in [0.29, 0.717) is 32.2 Å². The molecule has 1 saturated heterocycles. The number of piperazine rings is 1. The van der Waals surface area contributed by atoms with Crippen molar-refractivity contribution in [2.75, 3.05) is 31.1 Å². The second kappa shape index (κ2) is 13.1.